The predicted molar refractivity (Wildman–Crippen MR) is 68.8 cm³/mol. The van der Waals surface area contributed by atoms with Crippen LogP contribution in [0.15, 0.2) is 24.4 Å². The third-order valence-corrected chi connectivity index (χ3v) is 3.13. The predicted octanol–water partition coefficient (Wildman–Crippen LogP) is 1.58. The number of hydrogen-bond donors (Lipinski definition) is 2. The summed E-state index contributed by atoms with van der Waals surface area (Å²) < 4.78 is 14.3. The fraction of sp³-hybridized carbons (Fsp3) is 0.583. The number of pyridine rings is 1. The van der Waals surface area contributed by atoms with Gasteiger partial charge in [-0.1, -0.05) is 18.9 Å². The van der Waals surface area contributed by atoms with Crippen LogP contribution in [0.5, 0.6) is 0 Å². The second-order valence-electron chi connectivity index (χ2n) is 4.63. The second kappa shape index (κ2) is 5.35. The van der Waals surface area contributed by atoms with Crippen molar-refractivity contribution in [3.05, 3.63) is 30.1 Å². The highest BCUT2D eigenvalue weighted by molar-refractivity contribution is 7.78. The van der Waals surface area contributed by atoms with E-state index < -0.39 is 5.79 Å². The van der Waals surface area contributed by atoms with Crippen LogP contribution >= 0.6 is 12.8 Å². The lowest BCUT2D eigenvalue weighted by Gasteiger charge is -2.23. The molecule has 4 nitrogen and oxygen atoms in total. The number of thiol groups is 1. The Morgan fingerprint density at radius 2 is 2.41 bits per heavy atom. The first-order valence-electron chi connectivity index (χ1n) is 5.72. The average Bonchev–Trinajstić information content (AvgIpc) is 2.68. The van der Waals surface area contributed by atoms with E-state index in [1.54, 1.807) is 6.20 Å². The molecule has 5 heteroatoms. The standard InChI is InChI=1S/C12H18N2O2S/c1-12(2)15-8-11(16-12)10(14-17)7-9-5-3-4-6-13-9/h3-6,10-11,14,17H,7-8H2,1-2H3. The van der Waals surface area contributed by atoms with Crippen molar-refractivity contribution in [3.63, 3.8) is 0 Å². The summed E-state index contributed by atoms with van der Waals surface area (Å²) in [6, 6.07) is 5.98. The van der Waals surface area contributed by atoms with Crippen LogP contribution < -0.4 is 4.72 Å². The van der Waals surface area contributed by atoms with E-state index in [0.717, 1.165) is 12.1 Å². The molecule has 1 saturated heterocycles. The summed E-state index contributed by atoms with van der Waals surface area (Å²) in [4.78, 5) is 4.30. The van der Waals surface area contributed by atoms with Crippen molar-refractivity contribution in [2.45, 2.75) is 38.2 Å². The van der Waals surface area contributed by atoms with Gasteiger partial charge in [0.15, 0.2) is 5.79 Å². The normalized spacial score (nSPS) is 24.8. The highest BCUT2D eigenvalue weighted by Gasteiger charge is 2.37. The van der Waals surface area contributed by atoms with Crippen LogP contribution in [-0.4, -0.2) is 29.5 Å². The van der Waals surface area contributed by atoms with Crippen molar-refractivity contribution in [1.29, 1.82) is 0 Å². The molecule has 2 rings (SSSR count). The van der Waals surface area contributed by atoms with Crippen molar-refractivity contribution in [2.24, 2.45) is 0 Å². The molecule has 1 fully saturated rings. The molecule has 1 aliphatic heterocycles. The molecule has 0 saturated carbocycles. The highest BCUT2D eigenvalue weighted by Crippen LogP contribution is 2.25. The molecule has 1 aromatic heterocycles. The van der Waals surface area contributed by atoms with E-state index in [9.17, 15) is 0 Å². The van der Waals surface area contributed by atoms with Crippen molar-refractivity contribution in [3.8, 4) is 0 Å². The smallest absolute Gasteiger partial charge is 0.163 e. The largest absolute Gasteiger partial charge is 0.348 e. The molecule has 0 spiro atoms. The minimum Gasteiger partial charge on any atom is -0.348 e. The van der Waals surface area contributed by atoms with Crippen molar-refractivity contribution in [2.75, 3.05) is 6.61 Å². The molecule has 1 N–H and O–H groups in total. The van der Waals surface area contributed by atoms with Gasteiger partial charge in [0.05, 0.1) is 12.6 Å². The summed E-state index contributed by atoms with van der Waals surface area (Å²) in [5, 5.41) is 0. The third-order valence-electron chi connectivity index (χ3n) is 2.80. The van der Waals surface area contributed by atoms with Crippen LogP contribution in [0.25, 0.3) is 0 Å². The van der Waals surface area contributed by atoms with Crippen LogP contribution in [0.2, 0.25) is 0 Å². The Balaban J connectivity index is 1.98. The number of aromatic nitrogens is 1. The average molecular weight is 254 g/mol. The van der Waals surface area contributed by atoms with E-state index >= 15 is 0 Å². The summed E-state index contributed by atoms with van der Waals surface area (Å²) in [5.41, 5.74) is 1.02. The molecule has 2 unspecified atom stereocenters. The van der Waals surface area contributed by atoms with E-state index in [1.807, 2.05) is 32.0 Å². The van der Waals surface area contributed by atoms with Gasteiger partial charge in [0.2, 0.25) is 0 Å². The molecule has 1 aliphatic rings. The maximum atomic E-state index is 5.81. The van der Waals surface area contributed by atoms with E-state index in [2.05, 4.69) is 22.5 Å². The van der Waals surface area contributed by atoms with Gasteiger partial charge in [-0.2, -0.15) is 0 Å². The highest BCUT2D eigenvalue weighted by atomic mass is 32.1. The Bertz CT molecular complexity index is 359. The topological polar surface area (TPSA) is 43.4 Å². The Labute approximate surface area is 107 Å². The molecule has 0 aromatic carbocycles. The summed E-state index contributed by atoms with van der Waals surface area (Å²) in [6.45, 7) is 4.42. The van der Waals surface area contributed by atoms with Gasteiger partial charge in [-0.25, -0.2) is 0 Å². The first kappa shape index (κ1) is 12.8. The second-order valence-corrected chi connectivity index (χ2v) is 4.89. The van der Waals surface area contributed by atoms with Gasteiger partial charge in [-0.05, 0) is 26.0 Å². The Morgan fingerprint density at radius 3 is 2.94 bits per heavy atom. The maximum absolute atomic E-state index is 5.81. The van der Waals surface area contributed by atoms with Gasteiger partial charge < -0.3 is 9.47 Å². The van der Waals surface area contributed by atoms with Gasteiger partial charge >= 0.3 is 0 Å². The van der Waals surface area contributed by atoms with E-state index in [-0.39, 0.29) is 12.1 Å². The van der Waals surface area contributed by atoms with Crippen LogP contribution in [0.4, 0.5) is 0 Å². The lowest BCUT2D eigenvalue weighted by atomic mass is 10.1. The summed E-state index contributed by atoms with van der Waals surface area (Å²) >= 11 is 4.16. The van der Waals surface area contributed by atoms with Crippen LogP contribution in [-0.2, 0) is 15.9 Å². The third kappa shape index (κ3) is 3.42. The fourth-order valence-electron chi connectivity index (χ4n) is 1.92. The SMILES string of the molecule is CC1(C)OCC(C(Cc2ccccn2)NS)O1. The number of nitrogens with zero attached hydrogens (tertiary/aromatic N) is 1. The van der Waals surface area contributed by atoms with Gasteiger partial charge in [0.1, 0.15) is 6.10 Å². The molecule has 2 atom stereocenters. The van der Waals surface area contributed by atoms with Crippen LogP contribution in [0.1, 0.15) is 19.5 Å². The van der Waals surface area contributed by atoms with Gasteiger partial charge in [-0.15, -0.1) is 0 Å². The van der Waals surface area contributed by atoms with E-state index in [0.29, 0.717) is 6.61 Å². The van der Waals surface area contributed by atoms with Gasteiger partial charge in [-0.3, -0.25) is 9.71 Å². The molecule has 1 aromatic rings. The molecular weight excluding hydrogens is 236 g/mol. The van der Waals surface area contributed by atoms with Crippen LogP contribution in [0.3, 0.4) is 0 Å². The monoisotopic (exact) mass is 254 g/mol. The molecule has 0 radical (unpaired) electrons. The Kier molecular flexibility index (Phi) is 4.04. The van der Waals surface area contributed by atoms with Crippen molar-refractivity contribution in [1.82, 2.24) is 9.71 Å². The molecule has 0 amide bonds. The summed E-state index contributed by atoms with van der Waals surface area (Å²) in [5.74, 6) is -0.502. The zero-order valence-electron chi connectivity index (χ0n) is 10.1. The zero-order valence-corrected chi connectivity index (χ0v) is 11.0. The van der Waals surface area contributed by atoms with Crippen LogP contribution in [0, 0.1) is 0 Å². The first-order valence-corrected chi connectivity index (χ1v) is 6.17. The molecular formula is C12H18N2O2S. The quantitative estimate of drug-likeness (QED) is 0.801. The number of hydrogen-bond acceptors (Lipinski definition) is 5. The van der Waals surface area contributed by atoms with Gasteiger partial charge in [0, 0.05) is 18.3 Å². The minimum atomic E-state index is -0.502. The summed E-state index contributed by atoms with van der Waals surface area (Å²) in [7, 11) is 0. The molecule has 0 aliphatic carbocycles. The lowest BCUT2D eigenvalue weighted by molar-refractivity contribution is -0.140. The Morgan fingerprint density at radius 1 is 1.59 bits per heavy atom. The number of nitrogens with one attached hydrogen (secondary N) is 1. The van der Waals surface area contributed by atoms with Crippen molar-refractivity contribution >= 4 is 12.8 Å². The molecule has 2 heterocycles. The first-order chi connectivity index (χ1) is 8.11. The number of ether oxygens (including phenoxy) is 2. The minimum absolute atomic E-state index is 0.00417. The molecule has 0 bridgehead atoms. The van der Waals surface area contributed by atoms with Crippen molar-refractivity contribution < 1.29 is 9.47 Å². The number of rotatable bonds is 4. The molecule has 94 valence electrons. The fourth-order valence-corrected chi connectivity index (χ4v) is 2.18. The van der Waals surface area contributed by atoms with E-state index in [1.165, 1.54) is 0 Å². The maximum Gasteiger partial charge on any atom is 0.163 e. The summed E-state index contributed by atoms with van der Waals surface area (Å²) in [6.07, 6.45) is 2.57. The Hall–Kier alpha value is -0.620. The molecule has 17 heavy (non-hydrogen) atoms. The van der Waals surface area contributed by atoms with E-state index in [4.69, 9.17) is 9.47 Å². The lowest BCUT2D eigenvalue weighted by Crippen LogP contribution is -2.39. The van der Waals surface area contributed by atoms with Gasteiger partial charge in [0.25, 0.3) is 0 Å². The zero-order chi connectivity index (χ0) is 12.3.